The zero-order valence-corrected chi connectivity index (χ0v) is 24.2. The normalized spacial score (nSPS) is 11.6. The Kier molecular flexibility index (Phi) is 10.4. The Bertz CT molecular complexity index is 1560. The molecule has 4 rings (SSSR count). The predicted molar refractivity (Wildman–Crippen MR) is 167 cm³/mol. The summed E-state index contributed by atoms with van der Waals surface area (Å²) in [6, 6.07) is 30.2. The van der Waals surface area contributed by atoms with E-state index < -0.39 is 11.8 Å². The van der Waals surface area contributed by atoms with E-state index in [1.807, 2.05) is 49.4 Å². The second kappa shape index (κ2) is 14.6. The van der Waals surface area contributed by atoms with Crippen molar-refractivity contribution in [2.45, 2.75) is 17.1 Å². The van der Waals surface area contributed by atoms with Crippen LogP contribution in [0.5, 0.6) is 11.5 Å². The molecule has 8 nitrogen and oxygen atoms in total. The summed E-state index contributed by atoms with van der Waals surface area (Å²) in [4.78, 5) is 39.9. The van der Waals surface area contributed by atoms with Gasteiger partial charge in [0.2, 0.25) is 5.91 Å². The minimum Gasteiger partial charge on any atom is -0.497 e. The smallest absolute Gasteiger partial charge is 0.272 e. The molecule has 42 heavy (non-hydrogen) atoms. The Morgan fingerprint density at radius 1 is 0.762 bits per heavy atom. The number of benzene rings is 4. The molecule has 0 saturated carbocycles. The quantitative estimate of drug-likeness (QED) is 0.143. The van der Waals surface area contributed by atoms with Gasteiger partial charge in [0.15, 0.2) is 0 Å². The molecule has 0 heterocycles. The summed E-state index contributed by atoms with van der Waals surface area (Å²) >= 11 is 1.40. The molecule has 3 amide bonds. The summed E-state index contributed by atoms with van der Waals surface area (Å²) < 4.78 is 10.8. The standard InChI is InChI=1S/C33H31N3O5S/c1-22(31(37)34-25-12-8-5-9-13-25)42-28-17-14-26(15-18-28)35-33(39)29(36-32(38)23-10-6-4-7-11-23)21-24-20-27(40-2)16-19-30(24)41-3/h4-22H,1-3H3,(H,34,37)(H,35,39)(H,36,38)/b29-21-. The van der Waals surface area contributed by atoms with Gasteiger partial charge in [-0.05, 0) is 79.7 Å². The molecule has 9 heteroatoms. The number of rotatable bonds is 11. The SMILES string of the molecule is COc1ccc(OC)c(/C=C(\NC(=O)c2ccccc2)C(=O)Nc2ccc(SC(C)C(=O)Nc3ccccc3)cc2)c1. The van der Waals surface area contributed by atoms with Gasteiger partial charge in [-0.1, -0.05) is 36.4 Å². The molecule has 0 fully saturated rings. The van der Waals surface area contributed by atoms with Gasteiger partial charge in [0, 0.05) is 27.4 Å². The van der Waals surface area contributed by atoms with Crippen molar-refractivity contribution in [2.75, 3.05) is 24.9 Å². The van der Waals surface area contributed by atoms with Crippen molar-refractivity contribution in [3.05, 3.63) is 120 Å². The third-order valence-corrected chi connectivity index (χ3v) is 7.21. The van der Waals surface area contributed by atoms with E-state index in [0.29, 0.717) is 28.3 Å². The Hall–Kier alpha value is -5.02. The summed E-state index contributed by atoms with van der Waals surface area (Å²) in [5, 5.41) is 8.12. The fourth-order valence-corrected chi connectivity index (χ4v) is 4.76. The third-order valence-electron chi connectivity index (χ3n) is 6.10. The second-order valence-electron chi connectivity index (χ2n) is 9.08. The zero-order chi connectivity index (χ0) is 29.9. The highest BCUT2D eigenvalue weighted by Gasteiger charge is 2.18. The summed E-state index contributed by atoms with van der Waals surface area (Å²) in [7, 11) is 3.06. The Labute approximate surface area is 249 Å². The Morgan fingerprint density at radius 3 is 2.05 bits per heavy atom. The van der Waals surface area contributed by atoms with Crippen molar-refractivity contribution in [2.24, 2.45) is 0 Å². The van der Waals surface area contributed by atoms with Crippen molar-refractivity contribution in [3.8, 4) is 11.5 Å². The molecule has 0 aliphatic heterocycles. The third kappa shape index (κ3) is 8.25. The van der Waals surface area contributed by atoms with Crippen LogP contribution in [0.2, 0.25) is 0 Å². The molecular formula is C33H31N3O5S. The van der Waals surface area contributed by atoms with E-state index in [-0.39, 0.29) is 16.9 Å². The number of para-hydroxylation sites is 1. The zero-order valence-electron chi connectivity index (χ0n) is 23.4. The Morgan fingerprint density at radius 2 is 1.40 bits per heavy atom. The first-order valence-corrected chi connectivity index (χ1v) is 14.0. The van der Waals surface area contributed by atoms with E-state index in [1.165, 1.54) is 24.9 Å². The number of nitrogens with one attached hydrogen (secondary N) is 3. The number of thioether (sulfide) groups is 1. The van der Waals surface area contributed by atoms with Gasteiger partial charge < -0.3 is 25.4 Å². The van der Waals surface area contributed by atoms with Gasteiger partial charge in [0.25, 0.3) is 11.8 Å². The number of amides is 3. The molecule has 4 aromatic carbocycles. The van der Waals surface area contributed by atoms with Crippen molar-refractivity contribution >= 4 is 46.9 Å². The van der Waals surface area contributed by atoms with Gasteiger partial charge in [-0.3, -0.25) is 14.4 Å². The van der Waals surface area contributed by atoms with Gasteiger partial charge in [-0.15, -0.1) is 11.8 Å². The molecule has 4 aromatic rings. The van der Waals surface area contributed by atoms with Crippen LogP contribution in [0, 0.1) is 0 Å². The maximum Gasteiger partial charge on any atom is 0.272 e. The molecule has 3 N–H and O–H groups in total. The molecule has 0 aromatic heterocycles. The van der Waals surface area contributed by atoms with Gasteiger partial charge in [-0.25, -0.2) is 0 Å². The van der Waals surface area contributed by atoms with E-state index in [2.05, 4.69) is 16.0 Å². The van der Waals surface area contributed by atoms with Crippen LogP contribution in [0.25, 0.3) is 6.08 Å². The highest BCUT2D eigenvalue weighted by molar-refractivity contribution is 8.00. The van der Waals surface area contributed by atoms with Crippen LogP contribution in [-0.4, -0.2) is 37.2 Å². The lowest BCUT2D eigenvalue weighted by Gasteiger charge is -2.14. The second-order valence-corrected chi connectivity index (χ2v) is 10.5. The molecule has 0 spiro atoms. The van der Waals surface area contributed by atoms with Gasteiger partial charge in [0.05, 0.1) is 19.5 Å². The van der Waals surface area contributed by atoms with Crippen LogP contribution in [0.3, 0.4) is 0 Å². The van der Waals surface area contributed by atoms with E-state index >= 15 is 0 Å². The number of carbonyl (C=O) groups is 3. The summed E-state index contributed by atoms with van der Waals surface area (Å²) in [5.41, 5.74) is 2.22. The van der Waals surface area contributed by atoms with Crippen LogP contribution in [-0.2, 0) is 9.59 Å². The van der Waals surface area contributed by atoms with Crippen molar-refractivity contribution < 1.29 is 23.9 Å². The van der Waals surface area contributed by atoms with Gasteiger partial charge in [0.1, 0.15) is 17.2 Å². The van der Waals surface area contributed by atoms with Gasteiger partial charge in [-0.2, -0.15) is 0 Å². The van der Waals surface area contributed by atoms with Crippen molar-refractivity contribution in [1.82, 2.24) is 5.32 Å². The molecule has 0 radical (unpaired) electrons. The number of methoxy groups -OCH3 is 2. The van der Waals surface area contributed by atoms with Crippen LogP contribution < -0.4 is 25.4 Å². The first kappa shape index (κ1) is 30.0. The summed E-state index contributed by atoms with van der Waals surface area (Å²) in [5.74, 6) is -0.00755. The maximum absolute atomic E-state index is 13.4. The molecule has 214 valence electrons. The molecule has 0 aliphatic rings. The number of hydrogen-bond acceptors (Lipinski definition) is 6. The lowest BCUT2D eigenvalue weighted by Crippen LogP contribution is -2.30. The largest absolute Gasteiger partial charge is 0.497 e. The number of anilines is 2. The van der Waals surface area contributed by atoms with Crippen molar-refractivity contribution in [1.29, 1.82) is 0 Å². The lowest BCUT2D eigenvalue weighted by atomic mass is 10.1. The summed E-state index contributed by atoms with van der Waals surface area (Å²) in [6.07, 6.45) is 1.54. The highest BCUT2D eigenvalue weighted by atomic mass is 32.2. The van der Waals surface area contributed by atoms with Crippen LogP contribution in [0.15, 0.2) is 114 Å². The molecule has 0 aliphatic carbocycles. The molecule has 1 unspecified atom stereocenters. The monoisotopic (exact) mass is 581 g/mol. The van der Waals surface area contributed by atoms with Gasteiger partial charge >= 0.3 is 0 Å². The minimum absolute atomic E-state index is 0.0139. The molecular weight excluding hydrogens is 550 g/mol. The average molecular weight is 582 g/mol. The number of ether oxygens (including phenoxy) is 2. The van der Waals surface area contributed by atoms with E-state index in [9.17, 15) is 14.4 Å². The highest BCUT2D eigenvalue weighted by Crippen LogP contribution is 2.28. The average Bonchev–Trinajstić information content (AvgIpc) is 3.02. The van der Waals surface area contributed by atoms with E-state index in [0.717, 1.165) is 10.6 Å². The first-order chi connectivity index (χ1) is 20.4. The Balaban J connectivity index is 1.50. The molecule has 0 saturated heterocycles. The van der Waals surface area contributed by atoms with Crippen LogP contribution in [0.1, 0.15) is 22.8 Å². The van der Waals surface area contributed by atoms with Crippen LogP contribution >= 0.6 is 11.8 Å². The maximum atomic E-state index is 13.4. The number of carbonyl (C=O) groups excluding carboxylic acids is 3. The van der Waals surface area contributed by atoms with E-state index in [4.69, 9.17) is 9.47 Å². The van der Waals surface area contributed by atoms with Crippen LogP contribution in [0.4, 0.5) is 11.4 Å². The van der Waals surface area contributed by atoms with E-state index in [1.54, 1.807) is 67.8 Å². The molecule has 0 bridgehead atoms. The number of hydrogen-bond donors (Lipinski definition) is 3. The lowest BCUT2D eigenvalue weighted by molar-refractivity contribution is -0.115. The topological polar surface area (TPSA) is 106 Å². The molecule has 1 atom stereocenters. The van der Waals surface area contributed by atoms with Crippen molar-refractivity contribution in [3.63, 3.8) is 0 Å². The predicted octanol–water partition coefficient (Wildman–Crippen LogP) is 6.23. The fraction of sp³-hybridized carbons (Fsp3) is 0.121. The first-order valence-electron chi connectivity index (χ1n) is 13.1. The minimum atomic E-state index is -0.528. The summed E-state index contributed by atoms with van der Waals surface area (Å²) in [6.45, 7) is 1.83. The fourth-order valence-electron chi connectivity index (χ4n) is 3.89.